The maximum atomic E-state index is 13.6. The minimum atomic E-state index is -1.70. The number of hydrogen-bond donors (Lipinski definition) is 8. The monoisotopic (exact) mass is 696 g/mol. The molecule has 8 N–H and O–H groups in total. The summed E-state index contributed by atoms with van der Waals surface area (Å²) in [4.78, 5) is 13.6. The summed E-state index contributed by atoms with van der Waals surface area (Å²) >= 11 is 0. The third kappa shape index (κ3) is 5.02. The molecule has 12 heteroatoms. The lowest BCUT2D eigenvalue weighted by Gasteiger charge is -2.72. The minimum Gasteiger partial charge on any atom is -0.468 e. The predicted molar refractivity (Wildman–Crippen MR) is 175 cm³/mol. The quantitative estimate of drug-likeness (QED) is 0.111. The van der Waals surface area contributed by atoms with Crippen molar-refractivity contribution < 1.29 is 59.9 Å². The number of aliphatic hydroxyl groups excluding tert-OH is 8. The average Bonchev–Trinajstić information content (AvgIpc) is 3.05. The van der Waals surface area contributed by atoms with E-state index in [9.17, 15) is 45.6 Å². The number of hydrogen-bond acceptors (Lipinski definition) is 12. The molecule has 0 aromatic heterocycles. The zero-order valence-electron chi connectivity index (χ0n) is 29.9. The number of fused-ring (bicyclic) bond motifs is 7. The molecule has 280 valence electrons. The van der Waals surface area contributed by atoms with Crippen molar-refractivity contribution in [1.82, 2.24) is 0 Å². The molecule has 49 heavy (non-hydrogen) atoms. The lowest BCUT2D eigenvalue weighted by atomic mass is 9.33. The van der Waals surface area contributed by atoms with Gasteiger partial charge in [-0.25, -0.2) is 0 Å². The second kappa shape index (κ2) is 12.5. The van der Waals surface area contributed by atoms with Gasteiger partial charge >= 0.3 is 5.97 Å². The molecule has 1 saturated heterocycles. The molecular formula is C37H60O12. The molecule has 0 spiro atoms. The second-order valence-corrected chi connectivity index (χ2v) is 18.0. The SMILES string of the molecule is COC(=O)[C@]12CCC(C)(C)C[C@@H]1C1=CC[C@@H]3[C@@]4(C)C[C@H](O)[C@H](O[C@@H]5O[C@H](CO)[C@@H](O)[C@H](O)[C@H]5O)C(CO)(CO)[C@H]4CC[C@@]3(C)[C@]1(C)C[C@H]2O. The Hall–Kier alpha value is -1.19. The number of aliphatic hydroxyl groups is 8. The van der Waals surface area contributed by atoms with E-state index < -0.39 is 90.5 Å². The van der Waals surface area contributed by atoms with E-state index in [0.29, 0.717) is 32.1 Å². The van der Waals surface area contributed by atoms with E-state index >= 15 is 0 Å². The second-order valence-electron chi connectivity index (χ2n) is 18.0. The molecule has 0 aromatic carbocycles. The molecule has 6 rings (SSSR count). The van der Waals surface area contributed by atoms with Crippen LogP contribution < -0.4 is 0 Å². The van der Waals surface area contributed by atoms with E-state index in [-0.39, 0.29) is 41.0 Å². The van der Waals surface area contributed by atoms with Gasteiger partial charge < -0.3 is 55.1 Å². The standard InChI is InChI=1S/C37H60O12/c1-32(2)11-12-37(31(46)47-6)20(13-32)19-7-8-23-33(3)14-21(41)29(49-30-28(45)27(44)26(43)22(16-38)48-30)36(17-39,18-40)24(33)9-10-34(23,4)35(19,5)15-25(37)42/h7,20-30,38-45H,8-18H2,1-6H3/t20-,21+,22-,23-,24+,25-,26-,27+,28-,29+,30+,33-,34-,35-,37-/m1/s1. The Bertz CT molecular complexity index is 1300. The highest BCUT2D eigenvalue weighted by molar-refractivity contribution is 5.79. The van der Waals surface area contributed by atoms with E-state index in [1.165, 1.54) is 12.7 Å². The van der Waals surface area contributed by atoms with Gasteiger partial charge in [0.1, 0.15) is 29.8 Å². The van der Waals surface area contributed by atoms with Crippen molar-refractivity contribution in [3.63, 3.8) is 0 Å². The van der Waals surface area contributed by atoms with E-state index in [4.69, 9.17) is 14.2 Å². The summed E-state index contributed by atoms with van der Waals surface area (Å²) in [7, 11) is 1.40. The van der Waals surface area contributed by atoms with E-state index in [1.807, 2.05) is 0 Å². The first-order valence-corrected chi connectivity index (χ1v) is 18.2. The van der Waals surface area contributed by atoms with E-state index in [2.05, 4.69) is 40.7 Å². The maximum absolute atomic E-state index is 13.6. The van der Waals surface area contributed by atoms with Crippen LogP contribution in [-0.2, 0) is 19.0 Å². The van der Waals surface area contributed by atoms with Crippen LogP contribution in [0.5, 0.6) is 0 Å². The lowest BCUT2D eigenvalue weighted by molar-refractivity contribution is -0.349. The molecule has 0 radical (unpaired) electrons. The Morgan fingerprint density at radius 2 is 1.55 bits per heavy atom. The third-order valence-electron chi connectivity index (χ3n) is 15.5. The highest BCUT2D eigenvalue weighted by atomic mass is 16.7. The van der Waals surface area contributed by atoms with Crippen molar-refractivity contribution in [1.29, 1.82) is 0 Å². The van der Waals surface area contributed by atoms with Crippen LogP contribution in [0.15, 0.2) is 11.6 Å². The molecule has 12 nitrogen and oxygen atoms in total. The Balaban J connectivity index is 1.38. The fourth-order valence-electron chi connectivity index (χ4n) is 12.6. The fourth-order valence-corrected chi connectivity index (χ4v) is 12.6. The first-order valence-electron chi connectivity index (χ1n) is 18.2. The normalized spacial score (nSPS) is 51.7. The zero-order valence-corrected chi connectivity index (χ0v) is 29.9. The summed E-state index contributed by atoms with van der Waals surface area (Å²) in [6.45, 7) is 9.38. The molecule has 0 aromatic rings. The number of allylic oxidation sites excluding steroid dienone is 2. The number of esters is 1. The van der Waals surface area contributed by atoms with Crippen molar-refractivity contribution >= 4 is 5.97 Å². The van der Waals surface area contributed by atoms with Gasteiger partial charge in [-0.2, -0.15) is 0 Å². The van der Waals surface area contributed by atoms with Crippen LogP contribution in [0, 0.1) is 50.2 Å². The van der Waals surface area contributed by atoms with Gasteiger partial charge in [0.2, 0.25) is 0 Å². The number of carbonyl (C=O) groups is 1. The predicted octanol–water partition coefficient (Wildman–Crippen LogP) is 1.03. The molecule has 6 aliphatic rings. The van der Waals surface area contributed by atoms with Crippen molar-refractivity contribution in [3.05, 3.63) is 11.6 Å². The van der Waals surface area contributed by atoms with Crippen molar-refractivity contribution in [2.75, 3.05) is 26.9 Å². The molecule has 5 fully saturated rings. The first-order chi connectivity index (χ1) is 22.9. The number of carbonyl (C=O) groups excluding carboxylic acids is 1. The van der Waals surface area contributed by atoms with Crippen LogP contribution in [0.4, 0.5) is 0 Å². The number of methoxy groups -OCH3 is 1. The van der Waals surface area contributed by atoms with Gasteiger partial charge in [-0.15, -0.1) is 0 Å². The molecule has 0 amide bonds. The van der Waals surface area contributed by atoms with Gasteiger partial charge in [0, 0.05) is 5.41 Å². The highest BCUT2D eigenvalue weighted by Crippen LogP contribution is 2.76. The van der Waals surface area contributed by atoms with Gasteiger partial charge in [0.25, 0.3) is 0 Å². The van der Waals surface area contributed by atoms with Crippen LogP contribution in [0.1, 0.15) is 86.0 Å². The highest BCUT2D eigenvalue weighted by Gasteiger charge is 2.73. The molecule has 1 aliphatic heterocycles. The van der Waals surface area contributed by atoms with Crippen LogP contribution in [0.3, 0.4) is 0 Å². The molecule has 4 saturated carbocycles. The molecule has 0 unspecified atom stereocenters. The summed E-state index contributed by atoms with van der Waals surface area (Å²) in [5.41, 5.74) is -2.62. The van der Waals surface area contributed by atoms with Crippen LogP contribution in [0.2, 0.25) is 0 Å². The zero-order chi connectivity index (χ0) is 36.1. The van der Waals surface area contributed by atoms with Crippen LogP contribution in [-0.4, -0.2) is 123 Å². The molecule has 15 atom stereocenters. The van der Waals surface area contributed by atoms with E-state index in [1.54, 1.807) is 0 Å². The Kier molecular flexibility index (Phi) is 9.55. The topological polar surface area (TPSA) is 207 Å². The Labute approximate surface area is 289 Å². The molecular weight excluding hydrogens is 636 g/mol. The van der Waals surface area contributed by atoms with E-state index in [0.717, 1.165) is 12.8 Å². The Morgan fingerprint density at radius 3 is 2.16 bits per heavy atom. The summed E-state index contributed by atoms with van der Waals surface area (Å²) < 4.78 is 17.2. The van der Waals surface area contributed by atoms with Gasteiger partial charge in [-0.05, 0) is 90.8 Å². The van der Waals surface area contributed by atoms with Gasteiger partial charge in [0.15, 0.2) is 6.29 Å². The average molecular weight is 697 g/mol. The summed E-state index contributed by atoms with van der Waals surface area (Å²) in [5.74, 6) is -0.880. The first kappa shape index (κ1) is 37.6. The number of ether oxygens (including phenoxy) is 3. The fraction of sp³-hybridized carbons (Fsp3) is 0.919. The summed E-state index contributed by atoms with van der Waals surface area (Å²) in [6.07, 6.45) is -4.02. The van der Waals surface area contributed by atoms with Crippen molar-refractivity contribution in [3.8, 4) is 0 Å². The van der Waals surface area contributed by atoms with Gasteiger partial charge in [-0.3, -0.25) is 4.79 Å². The smallest absolute Gasteiger partial charge is 0.315 e. The van der Waals surface area contributed by atoms with Crippen molar-refractivity contribution in [2.45, 2.75) is 135 Å². The largest absolute Gasteiger partial charge is 0.468 e. The molecule has 5 aliphatic carbocycles. The lowest BCUT2D eigenvalue weighted by Crippen LogP contribution is -2.71. The molecule has 1 heterocycles. The van der Waals surface area contributed by atoms with Crippen LogP contribution in [0.25, 0.3) is 0 Å². The van der Waals surface area contributed by atoms with Crippen LogP contribution >= 0.6 is 0 Å². The Morgan fingerprint density at radius 1 is 0.878 bits per heavy atom. The van der Waals surface area contributed by atoms with Gasteiger partial charge in [-0.1, -0.05) is 46.3 Å². The van der Waals surface area contributed by atoms with Crippen molar-refractivity contribution in [2.24, 2.45) is 50.2 Å². The number of rotatable bonds is 6. The summed E-state index contributed by atoms with van der Waals surface area (Å²) in [6, 6.07) is 0. The third-order valence-corrected chi connectivity index (χ3v) is 15.5. The van der Waals surface area contributed by atoms with Gasteiger partial charge in [0.05, 0.1) is 45.2 Å². The maximum Gasteiger partial charge on any atom is 0.315 e. The molecule has 0 bridgehead atoms. The summed E-state index contributed by atoms with van der Waals surface area (Å²) in [5, 5.41) is 87.4. The minimum absolute atomic E-state index is 0.0201.